The first kappa shape index (κ1) is 11.0. The van der Waals surface area contributed by atoms with Gasteiger partial charge in [0.2, 0.25) is 0 Å². The van der Waals surface area contributed by atoms with Crippen LogP contribution < -0.4 is 0 Å². The molecule has 0 spiro atoms. The molecule has 0 fully saturated rings. The summed E-state index contributed by atoms with van der Waals surface area (Å²) in [5.74, 6) is 0. The zero-order chi connectivity index (χ0) is 8.85. The lowest BCUT2D eigenvalue weighted by molar-refractivity contribution is 0.352. The molecule has 0 amide bonds. The predicted octanol–water partition coefficient (Wildman–Crippen LogP) is -0.968. The molecular weight excluding hydrogens is 146 g/mol. The third-order valence-corrected chi connectivity index (χ3v) is 1.66. The van der Waals surface area contributed by atoms with Gasteiger partial charge in [-0.25, -0.2) is 0 Å². The van der Waals surface area contributed by atoms with Gasteiger partial charge in [-0.15, -0.1) is 0 Å². The fourth-order valence-corrected chi connectivity index (χ4v) is 0.892. The van der Waals surface area contributed by atoms with Crippen molar-refractivity contribution in [1.29, 1.82) is 0 Å². The fourth-order valence-electron chi connectivity index (χ4n) is 0.892. The van der Waals surface area contributed by atoms with Gasteiger partial charge in [0.25, 0.3) is 0 Å². The molecule has 0 rings (SSSR count). The molecule has 11 heavy (non-hydrogen) atoms. The van der Waals surface area contributed by atoms with E-state index in [1.54, 1.807) is 0 Å². The first-order valence-electron chi connectivity index (χ1n) is 3.81. The molecule has 64 valence electrons. The van der Waals surface area contributed by atoms with Crippen molar-refractivity contribution in [3.05, 3.63) is 0 Å². The maximum Gasteiger partial charge on any atom is 0.452 e. The van der Waals surface area contributed by atoms with Crippen molar-refractivity contribution in [3.63, 3.8) is 0 Å². The molecule has 0 aliphatic carbocycles. The summed E-state index contributed by atoms with van der Waals surface area (Å²) < 4.78 is 0. The predicted molar refractivity (Wildman–Crippen MR) is 43.7 cm³/mol. The lowest BCUT2D eigenvalue weighted by Gasteiger charge is -2.12. The second-order valence-electron chi connectivity index (χ2n) is 2.63. The molecule has 0 radical (unpaired) electrons. The molecule has 0 aliphatic heterocycles. The highest BCUT2D eigenvalue weighted by atomic mass is 16.4. The van der Waals surface area contributed by atoms with E-state index in [1.165, 1.54) is 0 Å². The average molecular weight is 160 g/mol. The van der Waals surface area contributed by atoms with Gasteiger partial charge in [-0.3, -0.25) is 0 Å². The van der Waals surface area contributed by atoms with Gasteiger partial charge >= 0.3 is 14.2 Å². The van der Waals surface area contributed by atoms with E-state index in [2.05, 4.69) is 0 Å². The van der Waals surface area contributed by atoms with Crippen molar-refractivity contribution in [1.82, 2.24) is 0 Å². The van der Waals surface area contributed by atoms with E-state index in [-0.39, 0.29) is 0 Å². The monoisotopic (exact) mass is 160 g/mol. The average Bonchev–Trinajstić information content (AvgIpc) is 1.87. The lowest BCUT2D eigenvalue weighted by Crippen LogP contribution is -2.33. The van der Waals surface area contributed by atoms with Gasteiger partial charge in [-0.05, 0) is 0 Å². The second-order valence-corrected chi connectivity index (χ2v) is 2.63. The SMILES string of the molecule is CCCCC(B(O)O)B(O)O. The van der Waals surface area contributed by atoms with Gasteiger partial charge in [0.15, 0.2) is 0 Å². The van der Waals surface area contributed by atoms with Crippen molar-refractivity contribution in [2.75, 3.05) is 0 Å². The van der Waals surface area contributed by atoms with Crippen molar-refractivity contribution < 1.29 is 20.1 Å². The Bertz CT molecular complexity index is 90.5. The fraction of sp³-hybridized carbons (Fsp3) is 1.00. The van der Waals surface area contributed by atoms with Crippen molar-refractivity contribution >= 4 is 14.2 Å². The third-order valence-electron chi connectivity index (χ3n) is 1.66. The van der Waals surface area contributed by atoms with Crippen LogP contribution in [0, 0.1) is 0 Å². The molecule has 4 N–H and O–H groups in total. The highest BCUT2D eigenvalue weighted by molar-refractivity contribution is 6.64. The summed E-state index contributed by atoms with van der Waals surface area (Å²) in [6.45, 7) is 1.95. The van der Waals surface area contributed by atoms with Crippen LogP contribution in [0.2, 0.25) is 5.72 Å². The Balaban J connectivity index is 3.70. The normalized spacial score (nSPS) is 10.4. The summed E-state index contributed by atoms with van der Waals surface area (Å²) in [6.07, 6.45) is 2.08. The topological polar surface area (TPSA) is 80.9 Å². The van der Waals surface area contributed by atoms with Gasteiger partial charge < -0.3 is 20.1 Å². The standard InChI is InChI=1S/C5H14B2O4/c1-2-3-4-5(6(8)9)7(10)11/h5,8-11H,2-4H2,1H3. The molecule has 0 aromatic rings. The minimum absolute atomic E-state index is 0.422. The first-order chi connectivity index (χ1) is 5.09. The van der Waals surface area contributed by atoms with Crippen LogP contribution in [0.3, 0.4) is 0 Å². The molecule has 0 bridgehead atoms. The van der Waals surface area contributed by atoms with E-state index < -0.39 is 20.0 Å². The van der Waals surface area contributed by atoms with Crippen molar-refractivity contribution in [2.24, 2.45) is 0 Å². The molecule has 6 heteroatoms. The van der Waals surface area contributed by atoms with E-state index in [0.717, 1.165) is 12.8 Å². The third kappa shape index (κ3) is 4.42. The summed E-state index contributed by atoms with van der Waals surface area (Å²) in [5, 5.41) is 34.6. The summed E-state index contributed by atoms with van der Waals surface area (Å²) in [7, 11) is -3.27. The van der Waals surface area contributed by atoms with E-state index in [1.807, 2.05) is 6.92 Å². The molecule has 0 saturated heterocycles. The van der Waals surface area contributed by atoms with Gasteiger partial charge in [0, 0.05) is 5.72 Å². The van der Waals surface area contributed by atoms with Crippen molar-refractivity contribution in [2.45, 2.75) is 31.9 Å². The van der Waals surface area contributed by atoms with Crippen LogP contribution in [0.25, 0.3) is 0 Å². The Morgan fingerprint density at radius 3 is 1.82 bits per heavy atom. The van der Waals surface area contributed by atoms with Crippen LogP contribution in [0.1, 0.15) is 26.2 Å². The van der Waals surface area contributed by atoms with Gasteiger partial charge in [0.05, 0.1) is 0 Å². The van der Waals surface area contributed by atoms with E-state index in [0.29, 0.717) is 6.42 Å². The Kier molecular flexibility index (Phi) is 5.58. The Morgan fingerprint density at radius 1 is 1.09 bits per heavy atom. The van der Waals surface area contributed by atoms with Crippen LogP contribution in [0.5, 0.6) is 0 Å². The molecule has 0 unspecified atom stereocenters. The van der Waals surface area contributed by atoms with Crippen LogP contribution in [-0.2, 0) is 0 Å². The zero-order valence-electron chi connectivity index (χ0n) is 6.64. The molecule has 4 nitrogen and oxygen atoms in total. The maximum atomic E-state index is 8.64. The summed E-state index contributed by atoms with van der Waals surface area (Å²) in [6, 6.07) is 0. The molecule has 0 saturated carbocycles. The molecule has 0 aliphatic rings. The van der Waals surface area contributed by atoms with Gasteiger partial charge in [-0.1, -0.05) is 26.2 Å². The van der Waals surface area contributed by atoms with Gasteiger partial charge in [0.1, 0.15) is 0 Å². The van der Waals surface area contributed by atoms with E-state index in [9.17, 15) is 0 Å². The van der Waals surface area contributed by atoms with Crippen molar-refractivity contribution in [3.8, 4) is 0 Å². The minimum Gasteiger partial charge on any atom is -0.427 e. The molecule has 0 aromatic heterocycles. The van der Waals surface area contributed by atoms with Crippen LogP contribution in [0.4, 0.5) is 0 Å². The zero-order valence-corrected chi connectivity index (χ0v) is 6.64. The number of rotatable bonds is 5. The Morgan fingerprint density at radius 2 is 1.55 bits per heavy atom. The summed E-state index contributed by atoms with van der Waals surface area (Å²) in [4.78, 5) is 0. The number of unbranched alkanes of at least 4 members (excludes halogenated alkanes) is 1. The molecule has 0 heterocycles. The van der Waals surface area contributed by atoms with E-state index >= 15 is 0 Å². The number of hydrogen-bond acceptors (Lipinski definition) is 4. The smallest absolute Gasteiger partial charge is 0.427 e. The van der Waals surface area contributed by atoms with E-state index in [4.69, 9.17) is 20.1 Å². The Hall–Kier alpha value is -0.0301. The minimum atomic E-state index is -1.64. The maximum absolute atomic E-state index is 8.64. The van der Waals surface area contributed by atoms with Gasteiger partial charge in [-0.2, -0.15) is 0 Å². The van der Waals surface area contributed by atoms with Crippen LogP contribution in [0.15, 0.2) is 0 Å². The Labute approximate surface area is 67.2 Å². The molecular formula is C5H14B2O4. The summed E-state index contributed by atoms with van der Waals surface area (Å²) >= 11 is 0. The van der Waals surface area contributed by atoms with Crippen LogP contribution in [-0.4, -0.2) is 34.3 Å². The molecule has 0 atom stereocenters. The summed E-state index contributed by atoms with van der Waals surface area (Å²) in [5.41, 5.74) is -0.838. The molecule has 0 aromatic carbocycles. The highest BCUT2D eigenvalue weighted by Crippen LogP contribution is 2.16. The highest BCUT2D eigenvalue weighted by Gasteiger charge is 2.33. The van der Waals surface area contributed by atoms with Crippen LogP contribution >= 0.6 is 0 Å². The quantitative estimate of drug-likeness (QED) is 0.390. The number of hydrogen-bond donors (Lipinski definition) is 4. The largest absolute Gasteiger partial charge is 0.452 e. The lowest BCUT2D eigenvalue weighted by atomic mass is 9.51. The first-order valence-corrected chi connectivity index (χ1v) is 3.81. The second kappa shape index (κ2) is 5.60.